The highest BCUT2D eigenvalue weighted by atomic mass is 16.5. The molecule has 2 aromatic heterocycles. The van der Waals surface area contributed by atoms with Crippen molar-refractivity contribution in [3.63, 3.8) is 0 Å². The van der Waals surface area contributed by atoms with Gasteiger partial charge in [0.2, 0.25) is 0 Å². The van der Waals surface area contributed by atoms with Crippen molar-refractivity contribution in [3.8, 4) is 17.0 Å². The molecule has 0 bridgehead atoms. The molecule has 6 nitrogen and oxygen atoms in total. The lowest BCUT2D eigenvalue weighted by Crippen LogP contribution is -2.13. The molecule has 0 saturated heterocycles. The molecule has 0 aliphatic rings. The summed E-state index contributed by atoms with van der Waals surface area (Å²) in [5.74, 6) is 1.64. The Balaban J connectivity index is 2.22. The Bertz CT molecular complexity index is 867. The minimum absolute atomic E-state index is 0.820. The molecular weight excluding hydrogens is 290 g/mol. The lowest BCUT2D eigenvalue weighted by molar-refractivity contribution is 0.415. The van der Waals surface area contributed by atoms with Gasteiger partial charge in [0.25, 0.3) is 0 Å². The Kier molecular flexibility index (Phi) is 3.73. The number of aryl methyl sites for hydroxylation is 2. The summed E-state index contributed by atoms with van der Waals surface area (Å²) < 4.78 is 7.01. The molecule has 0 aliphatic heterocycles. The molecular formula is C17H19N5O. The fourth-order valence-electron chi connectivity index (χ4n) is 2.55. The van der Waals surface area contributed by atoms with E-state index in [4.69, 9.17) is 9.84 Å². The summed E-state index contributed by atoms with van der Waals surface area (Å²) in [6.07, 6.45) is 0. The van der Waals surface area contributed by atoms with Gasteiger partial charge in [0.15, 0.2) is 11.5 Å². The molecule has 0 spiro atoms. The maximum atomic E-state index is 5.21. The second-order valence-corrected chi connectivity index (χ2v) is 5.36. The van der Waals surface area contributed by atoms with Gasteiger partial charge in [0.1, 0.15) is 5.75 Å². The molecule has 0 fully saturated rings. The SMILES string of the molecule is C=NN(C)c1cc(C)nc2c(C)c(-c3ccc(OC)cc3)nn12. The smallest absolute Gasteiger partial charge is 0.161 e. The lowest BCUT2D eigenvalue weighted by Gasteiger charge is -2.13. The van der Waals surface area contributed by atoms with E-state index in [1.807, 2.05) is 51.2 Å². The van der Waals surface area contributed by atoms with Crippen molar-refractivity contribution in [1.82, 2.24) is 14.6 Å². The zero-order valence-electron chi connectivity index (χ0n) is 13.7. The Morgan fingerprint density at radius 1 is 1.22 bits per heavy atom. The van der Waals surface area contributed by atoms with Gasteiger partial charge in [-0.05, 0) is 38.1 Å². The van der Waals surface area contributed by atoms with Crippen molar-refractivity contribution in [2.75, 3.05) is 19.2 Å². The number of rotatable bonds is 4. The third-order valence-corrected chi connectivity index (χ3v) is 3.84. The summed E-state index contributed by atoms with van der Waals surface area (Å²) in [7, 11) is 3.49. The van der Waals surface area contributed by atoms with E-state index < -0.39 is 0 Å². The monoisotopic (exact) mass is 309 g/mol. The predicted octanol–water partition coefficient (Wildman–Crippen LogP) is 3.07. The minimum Gasteiger partial charge on any atom is -0.497 e. The maximum Gasteiger partial charge on any atom is 0.161 e. The number of hydrazone groups is 1. The topological polar surface area (TPSA) is 55.0 Å². The van der Waals surface area contributed by atoms with Crippen LogP contribution in [0.5, 0.6) is 5.75 Å². The van der Waals surface area contributed by atoms with E-state index in [0.29, 0.717) is 0 Å². The van der Waals surface area contributed by atoms with Gasteiger partial charge in [0.05, 0.1) is 12.8 Å². The molecule has 0 unspecified atom stereocenters. The standard InChI is InChI=1S/C17H19N5O/c1-11-10-15(21(4)18-3)22-17(19-11)12(2)16(20-22)13-6-8-14(23-5)9-7-13/h6-10H,3H2,1-2,4-5H3. The zero-order chi connectivity index (χ0) is 16.6. The molecule has 1 aromatic carbocycles. The first-order chi connectivity index (χ1) is 11.0. The number of hydrogen-bond acceptors (Lipinski definition) is 5. The Labute approximate surface area is 135 Å². The summed E-state index contributed by atoms with van der Waals surface area (Å²) in [4.78, 5) is 4.62. The van der Waals surface area contributed by atoms with Crippen LogP contribution in [0.1, 0.15) is 11.3 Å². The Morgan fingerprint density at radius 3 is 2.52 bits per heavy atom. The van der Waals surface area contributed by atoms with Gasteiger partial charge in [-0.15, -0.1) is 0 Å². The van der Waals surface area contributed by atoms with Crippen LogP contribution in [-0.2, 0) is 0 Å². The van der Waals surface area contributed by atoms with Crippen LogP contribution < -0.4 is 9.75 Å². The highest BCUT2D eigenvalue weighted by Crippen LogP contribution is 2.28. The predicted molar refractivity (Wildman–Crippen MR) is 92.4 cm³/mol. The number of benzene rings is 1. The van der Waals surface area contributed by atoms with E-state index in [9.17, 15) is 0 Å². The second-order valence-electron chi connectivity index (χ2n) is 5.36. The molecule has 118 valence electrons. The highest BCUT2D eigenvalue weighted by molar-refractivity contribution is 5.72. The van der Waals surface area contributed by atoms with Crippen molar-refractivity contribution in [2.24, 2.45) is 5.10 Å². The van der Waals surface area contributed by atoms with E-state index in [0.717, 1.165) is 39.7 Å². The maximum absolute atomic E-state index is 5.21. The summed E-state index contributed by atoms with van der Waals surface area (Å²) in [5, 5.41) is 10.4. The first-order valence-corrected chi connectivity index (χ1v) is 7.27. The minimum atomic E-state index is 0.820. The number of ether oxygens (including phenoxy) is 1. The van der Waals surface area contributed by atoms with Crippen LogP contribution in [0.4, 0.5) is 5.82 Å². The first kappa shape index (κ1) is 15.0. The van der Waals surface area contributed by atoms with Crippen LogP contribution in [-0.4, -0.2) is 35.5 Å². The van der Waals surface area contributed by atoms with Crippen LogP contribution in [0.2, 0.25) is 0 Å². The molecule has 3 aromatic rings. The van der Waals surface area contributed by atoms with Gasteiger partial charge in [0, 0.05) is 36.7 Å². The summed E-state index contributed by atoms with van der Waals surface area (Å²) in [6, 6.07) is 9.78. The van der Waals surface area contributed by atoms with E-state index in [1.165, 1.54) is 0 Å². The quantitative estimate of drug-likeness (QED) is 0.549. The van der Waals surface area contributed by atoms with Crippen LogP contribution in [0.3, 0.4) is 0 Å². The number of methoxy groups -OCH3 is 1. The molecule has 6 heteroatoms. The molecule has 0 N–H and O–H groups in total. The Morgan fingerprint density at radius 2 is 1.91 bits per heavy atom. The van der Waals surface area contributed by atoms with E-state index in [1.54, 1.807) is 16.6 Å². The van der Waals surface area contributed by atoms with Crippen LogP contribution in [0.15, 0.2) is 35.4 Å². The van der Waals surface area contributed by atoms with Crippen molar-refractivity contribution >= 4 is 18.2 Å². The first-order valence-electron chi connectivity index (χ1n) is 7.27. The van der Waals surface area contributed by atoms with Gasteiger partial charge >= 0.3 is 0 Å². The van der Waals surface area contributed by atoms with Gasteiger partial charge in [-0.1, -0.05) is 0 Å². The largest absolute Gasteiger partial charge is 0.497 e. The van der Waals surface area contributed by atoms with Crippen LogP contribution in [0.25, 0.3) is 16.9 Å². The van der Waals surface area contributed by atoms with E-state index >= 15 is 0 Å². The van der Waals surface area contributed by atoms with Gasteiger partial charge in [-0.2, -0.15) is 14.7 Å². The van der Waals surface area contributed by atoms with Crippen LogP contribution >= 0.6 is 0 Å². The summed E-state index contributed by atoms with van der Waals surface area (Å²) in [6.45, 7) is 7.57. The lowest BCUT2D eigenvalue weighted by atomic mass is 10.1. The number of hydrogen-bond donors (Lipinski definition) is 0. The molecule has 0 saturated carbocycles. The molecule has 0 atom stereocenters. The van der Waals surface area contributed by atoms with Crippen molar-refractivity contribution in [2.45, 2.75) is 13.8 Å². The van der Waals surface area contributed by atoms with Crippen molar-refractivity contribution in [3.05, 3.63) is 41.6 Å². The second kappa shape index (κ2) is 5.72. The van der Waals surface area contributed by atoms with E-state index in [2.05, 4.69) is 16.8 Å². The fraction of sp³-hybridized carbons (Fsp3) is 0.235. The van der Waals surface area contributed by atoms with Gasteiger partial charge < -0.3 is 4.74 Å². The molecule has 0 amide bonds. The van der Waals surface area contributed by atoms with E-state index in [-0.39, 0.29) is 0 Å². The third kappa shape index (κ3) is 2.52. The van der Waals surface area contributed by atoms with Crippen molar-refractivity contribution in [1.29, 1.82) is 0 Å². The number of nitrogens with zero attached hydrogens (tertiary/aromatic N) is 5. The summed E-state index contributed by atoms with van der Waals surface area (Å²) >= 11 is 0. The average molecular weight is 309 g/mol. The number of aromatic nitrogens is 3. The van der Waals surface area contributed by atoms with Gasteiger partial charge in [-0.3, -0.25) is 5.01 Å². The van der Waals surface area contributed by atoms with Crippen molar-refractivity contribution < 1.29 is 4.74 Å². The third-order valence-electron chi connectivity index (χ3n) is 3.84. The van der Waals surface area contributed by atoms with Gasteiger partial charge in [-0.25, -0.2) is 4.98 Å². The zero-order valence-corrected chi connectivity index (χ0v) is 13.7. The molecule has 0 aliphatic carbocycles. The molecule has 2 heterocycles. The van der Waals surface area contributed by atoms with Crippen LogP contribution in [0, 0.1) is 13.8 Å². The average Bonchev–Trinajstić information content (AvgIpc) is 2.90. The molecule has 0 radical (unpaired) electrons. The number of fused-ring (bicyclic) bond motifs is 1. The molecule has 3 rings (SSSR count). The Hall–Kier alpha value is -2.89. The fourth-order valence-corrected chi connectivity index (χ4v) is 2.55. The summed E-state index contributed by atoms with van der Waals surface area (Å²) in [5.41, 5.74) is 4.67. The normalized spacial score (nSPS) is 10.8. The highest BCUT2D eigenvalue weighted by Gasteiger charge is 2.16. The molecule has 23 heavy (non-hydrogen) atoms. The number of anilines is 1.